The van der Waals surface area contributed by atoms with Gasteiger partial charge in [0.25, 0.3) is 5.91 Å². The number of benzene rings is 4. The van der Waals surface area contributed by atoms with Gasteiger partial charge in [-0.15, -0.1) is 0 Å². The predicted molar refractivity (Wildman–Crippen MR) is 146 cm³/mol. The van der Waals surface area contributed by atoms with Crippen LogP contribution in [0.2, 0.25) is 5.02 Å². The average molecular weight is 517 g/mol. The quantitative estimate of drug-likeness (QED) is 0.245. The topological polar surface area (TPSA) is 41.9 Å². The SMILES string of the molecule is CCN1C(=O)/C(=C\c2c(OCc3ccccc3Cl)ccc3ccccc23)SC1=Nc1ccc(F)cc1. The highest BCUT2D eigenvalue weighted by Gasteiger charge is 2.32. The van der Waals surface area contributed by atoms with Crippen LogP contribution < -0.4 is 4.74 Å². The molecule has 0 radical (unpaired) electrons. The lowest BCUT2D eigenvalue weighted by Crippen LogP contribution is -2.28. The molecule has 1 fully saturated rings. The number of hydrogen-bond donors (Lipinski definition) is 0. The van der Waals surface area contributed by atoms with E-state index in [0.29, 0.717) is 39.7 Å². The van der Waals surface area contributed by atoms with Crippen molar-refractivity contribution in [2.24, 2.45) is 4.99 Å². The zero-order valence-corrected chi connectivity index (χ0v) is 21.0. The first-order chi connectivity index (χ1) is 17.5. The van der Waals surface area contributed by atoms with Crippen LogP contribution in [0.15, 0.2) is 94.8 Å². The number of ether oxygens (including phenoxy) is 1. The molecule has 0 aromatic heterocycles. The Kier molecular flexibility index (Phi) is 7.07. The summed E-state index contributed by atoms with van der Waals surface area (Å²) < 4.78 is 19.5. The molecule has 1 amide bonds. The number of carbonyl (C=O) groups is 1. The van der Waals surface area contributed by atoms with Crippen molar-refractivity contribution < 1.29 is 13.9 Å². The van der Waals surface area contributed by atoms with Crippen molar-refractivity contribution in [3.05, 3.63) is 112 Å². The molecule has 180 valence electrons. The standard InChI is InChI=1S/C29H22ClFN2O2S/c1-2-33-28(34)27(36-29(33)32-22-14-12-21(31)13-15-22)17-24-23-9-5-3-7-19(23)11-16-26(24)35-18-20-8-4-6-10-25(20)30/h3-17H,2,18H2,1H3/b27-17+,32-29?. The van der Waals surface area contributed by atoms with Crippen molar-refractivity contribution in [1.29, 1.82) is 0 Å². The van der Waals surface area contributed by atoms with Gasteiger partial charge in [0.1, 0.15) is 18.2 Å². The second-order valence-corrected chi connectivity index (χ2v) is 9.53. The third kappa shape index (κ3) is 5.01. The van der Waals surface area contributed by atoms with E-state index in [0.717, 1.165) is 21.9 Å². The van der Waals surface area contributed by atoms with Gasteiger partial charge in [-0.3, -0.25) is 9.69 Å². The summed E-state index contributed by atoms with van der Waals surface area (Å²) in [5.74, 6) is 0.192. The van der Waals surface area contributed by atoms with Gasteiger partial charge in [0.05, 0.1) is 10.6 Å². The van der Waals surface area contributed by atoms with Crippen molar-refractivity contribution in [3.63, 3.8) is 0 Å². The van der Waals surface area contributed by atoms with E-state index in [2.05, 4.69) is 4.99 Å². The Balaban J connectivity index is 1.54. The monoisotopic (exact) mass is 516 g/mol. The highest BCUT2D eigenvalue weighted by Crippen LogP contribution is 2.38. The maximum Gasteiger partial charge on any atom is 0.266 e. The van der Waals surface area contributed by atoms with Gasteiger partial charge in [-0.25, -0.2) is 9.38 Å². The Morgan fingerprint density at radius 1 is 1.00 bits per heavy atom. The fraction of sp³-hybridized carbons (Fsp3) is 0.103. The number of aliphatic imine (C=N–C) groups is 1. The molecule has 1 saturated heterocycles. The zero-order chi connectivity index (χ0) is 25.1. The smallest absolute Gasteiger partial charge is 0.266 e. The summed E-state index contributed by atoms with van der Waals surface area (Å²) in [5.41, 5.74) is 2.28. The van der Waals surface area contributed by atoms with E-state index in [4.69, 9.17) is 16.3 Å². The first-order valence-electron chi connectivity index (χ1n) is 11.5. The van der Waals surface area contributed by atoms with Gasteiger partial charge in [-0.2, -0.15) is 0 Å². The van der Waals surface area contributed by atoms with Crippen LogP contribution >= 0.6 is 23.4 Å². The molecule has 1 aliphatic rings. The molecule has 7 heteroatoms. The fourth-order valence-corrected chi connectivity index (χ4v) is 5.18. The second-order valence-electron chi connectivity index (χ2n) is 8.11. The Morgan fingerprint density at radius 2 is 1.75 bits per heavy atom. The van der Waals surface area contributed by atoms with E-state index < -0.39 is 0 Å². The number of fused-ring (bicyclic) bond motifs is 1. The molecule has 0 aliphatic carbocycles. The highest BCUT2D eigenvalue weighted by molar-refractivity contribution is 8.18. The number of nitrogens with zero attached hydrogens (tertiary/aromatic N) is 2. The van der Waals surface area contributed by atoms with Crippen LogP contribution in [0.4, 0.5) is 10.1 Å². The van der Waals surface area contributed by atoms with Crippen molar-refractivity contribution in [1.82, 2.24) is 4.90 Å². The number of amidine groups is 1. The lowest BCUT2D eigenvalue weighted by atomic mass is 10.0. The number of likely N-dealkylation sites (N-methyl/N-ethyl adjacent to an activating group) is 1. The first-order valence-corrected chi connectivity index (χ1v) is 12.7. The number of halogens is 2. The van der Waals surface area contributed by atoms with E-state index in [1.807, 2.05) is 73.7 Å². The van der Waals surface area contributed by atoms with E-state index in [1.54, 1.807) is 17.0 Å². The molecule has 0 spiro atoms. The van der Waals surface area contributed by atoms with E-state index >= 15 is 0 Å². The molecule has 1 aliphatic heterocycles. The van der Waals surface area contributed by atoms with Gasteiger partial charge in [-0.05, 0) is 71.9 Å². The van der Waals surface area contributed by atoms with Crippen LogP contribution in [0.5, 0.6) is 5.75 Å². The molecule has 36 heavy (non-hydrogen) atoms. The lowest BCUT2D eigenvalue weighted by Gasteiger charge is -2.13. The summed E-state index contributed by atoms with van der Waals surface area (Å²) in [6.07, 6.45) is 1.87. The van der Waals surface area contributed by atoms with E-state index in [-0.39, 0.29) is 11.7 Å². The Labute approximate surface area is 218 Å². The lowest BCUT2D eigenvalue weighted by molar-refractivity contribution is -0.122. The molecule has 4 nitrogen and oxygen atoms in total. The van der Waals surface area contributed by atoms with Gasteiger partial charge < -0.3 is 4.74 Å². The molecular weight excluding hydrogens is 495 g/mol. The number of thioether (sulfide) groups is 1. The van der Waals surface area contributed by atoms with Crippen molar-refractivity contribution in [3.8, 4) is 5.75 Å². The van der Waals surface area contributed by atoms with Crippen LogP contribution in [0.1, 0.15) is 18.1 Å². The van der Waals surface area contributed by atoms with E-state index in [1.165, 1.54) is 23.9 Å². The highest BCUT2D eigenvalue weighted by atomic mass is 35.5. The van der Waals surface area contributed by atoms with Crippen LogP contribution in [0.25, 0.3) is 16.8 Å². The summed E-state index contributed by atoms with van der Waals surface area (Å²) in [4.78, 5) is 20.1. The van der Waals surface area contributed by atoms with Gasteiger partial charge in [0.2, 0.25) is 0 Å². The first kappa shape index (κ1) is 24.1. The minimum Gasteiger partial charge on any atom is -0.488 e. The van der Waals surface area contributed by atoms with E-state index in [9.17, 15) is 9.18 Å². The van der Waals surface area contributed by atoms with Crippen LogP contribution in [-0.2, 0) is 11.4 Å². The van der Waals surface area contributed by atoms with Gasteiger partial charge in [-0.1, -0.05) is 60.1 Å². The van der Waals surface area contributed by atoms with Gasteiger partial charge in [0.15, 0.2) is 5.17 Å². The van der Waals surface area contributed by atoms with Crippen molar-refractivity contribution in [2.75, 3.05) is 6.54 Å². The summed E-state index contributed by atoms with van der Waals surface area (Å²) >= 11 is 7.62. The molecule has 0 saturated carbocycles. The molecule has 0 unspecified atom stereocenters. The minimum absolute atomic E-state index is 0.131. The fourth-order valence-electron chi connectivity index (χ4n) is 3.95. The summed E-state index contributed by atoms with van der Waals surface area (Å²) in [6, 6.07) is 25.3. The largest absolute Gasteiger partial charge is 0.488 e. The molecule has 0 bridgehead atoms. The predicted octanol–water partition coefficient (Wildman–Crippen LogP) is 7.84. The second kappa shape index (κ2) is 10.6. The maximum atomic E-state index is 13.3. The van der Waals surface area contributed by atoms with Crippen LogP contribution in [0, 0.1) is 5.82 Å². The van der Waals surface area contributed by atoms with Crippen molar-refractivity contribution in [2.45, 2.75) is 13.5 Å². The molecule has 4 aromatic carbocycles. The van der Waals surface area contributed by atoms with Gasteiger partial charge >= 0.3 is 0 Å². The number of amides is 1. The normalized spacial score (nSPS) is 15.9. The minimum atomic E-state index is -0.331. The summed E-state index contributed by atoms with van der Waals surface area (Å²) in [6.45, 7) is 2.67. The Hall–Kier alpha value is -3.61. The summed E-state index contributed by atoms with van der Waals surface area (Å²) in [5, 5.41) is 3.21. The number of rotatable bonds is 6. The van der Waals surface area contributed by atoms with Crippen LogP contribution in [-0.4, -0.2) is 22.5 Å². The number of carbonyl (C=O) groups excluding carboxylic acids is 1. The average Bonchev–Trinajstić information content (AvgIpc) is 3.19. The Morgan fingerprint density at radius 3 is 2.53 bits per heavy atom. The Bertz CT molecular complexity index is 1500. The molecule has 0 N–H and O–H groups in total. The van der Waals surface area contributed by atoms with Crippen molar-refractivity contribution >= 4 is 57.0 Å². The maximum absolute atomic E-state index is 13.3. The van der Waals surface area contributed by atoms with Gasteiger partial charge in [0, 0.05) is 22.7 Å². The molecular formula is C29H22ClFN2O2S. The summed E-state index contributed by atoms with van der Waals surface area (Å²) in [7, 11) is 0. The third-order valence-corrected chi connectivity index (χ3v) is 7.18. The molecule has 1 heterocycles. The molecule has 0 atom stereocenters. The van der Waals surface area contributed by atoms with Crippen LogP contribution in [0.3, 0.4) is 0 Å². The third-order valence-electron chi connectivity index (χ3n) is 5.80. The zero-order valence-electron chi connectivity index (χ0n) is 19.4. The molecule has 4 aromatic rings. The number of hydrogen-bond acceptors (Lipinski definition) is 4. The molecule has 5 rings (SSSR count).